The third-order valence-corrected chi connectivity index (χ3v) is 2.95. The number of halogens is 1. The number of hydrogen-bond acceptors (Lipinski definition) is 2. The van der Waals surface area contributed by atoms with Gasteiger partial charge in [-0.15, -0.1) is 0 Å². The van der Waals surface area contributed by atoms with Crippen LogP contribution in [0.2, 0.25) is 0 Å². The zero-order chi connectivity index (χ0) is 9.68. The first-order valence-corrected chi connectivity index (χ1v) is 5.91. The van der Waals surface area contributed by atoms with Crippen LogP contribution in [-0.4, -0.2) is 33.3 Å². The van der Waals surface area contributed by atoms with Crippen molar-refractivity contribution in [2.75, 3.05) is 12.3 Å². The van der Waals surface area contributed by atoms with Crippen molar-refractivity contribution in [2.24, 2.45) is 0 Å². The Kier molecular flexibility index (Phi) is 4.83. The van der Waals surface area contributed by atoms with E-state index in [0.717, 1.165) is 12.8 Å². The Hall–Kier alpha value is -0.0000000000000000486. The summed E-state index contributed by atoms with van der Waals surface area (Å²) in [5.74, 6) is -0.278. The molecule has 78 valence electrons. The molecule has 0 saturated heterocycles. The summed E-state index contributed by atoms with van der Waals surface area (Å²) in [7, 11) is 0. The average molecular weight is 209 g/mol. The molecule has 3 nitrogen and oxygen atoms in total. The first-order chi connectivity index (χ1) is 6.18. The second kappa shape index (κ2) is 5.67. The van der Waals surface area contributed by atoms with Gasteiger partial charge in [0, 0.05) is 12.6 Å². The van der Waals surface area contributed by atoms with Gasteiger partial charge in [-0.3, -0.25) is 0 Å². The maximum absolute atomic E-state index is 12.9. The van der Waals surface area contributed by atoms with Gasteiger partial charge in [-0.25, -0.2) is 8.60 Å². The van der Waals surface area contributed by atoms with Crippen molar-refractivity contribution in [1.82, 2.24) is 5.32 Å². The SMILES string of the molecule is O=S(O)CC(F)CNC1CCCC1. The van der Waals surface area contributed by atoms with Gasteiger partial charge in [-0.2, -0.15) is 0 Å². The molecule has 0 aromatic rings. The summed E-state index contributed by atoms with van der Waals surface area (Å²) in [6.07, 6.45) is 3.43. The maximum Gasteiger partial charge on any atom is 0.155 e. The molecule has 1 aliphatic carbocycles. The Balaban J connectivity index is 2.06. The molecule has 0 spiro atoms. The van der Waals surface area contributed by atoms with Crippen molar-refractivity contribution < 1.29 is 13.2 Å². The van der Waals surface area contributed by atoms with E-state index in [2.05, 4.69) is 5.32 Å². The first kappa shape index (κ1) is 11.1. The molecule has 1 fully saturated rings. The van der Waals surface area contributed by atoms with Gasteiger partial charge in [-0.1, -0.05) is 12.8 Å². The molecule has 2 N–H and O–H groups in total. The molecule has 0 aromatic carbocycles. The maximum atomic E-state index is 12.9. The third kappa shape index (κ3) is 4.69. The van der Waals surface area contributed by atoms with Gasteiger partial charge < -0.3 is 9.87 Å². The molecule has 2 unspecified atom stereocenters. The van der Waals surface area contributed by atoms with Crippen molar-refractivity contribution in [3.63, 3.8) is 0 Å². The van der Waals surface area contributed by atoms with Crippen molar-refractivity contribution in [2.45, 2.75) is 37.9 Å². The van der Waals surface area contributed by atoms with E-state index < -0.39 is 17.3 Å². The Morgan fingerprint density at radius 3 is 2.69 bits per heavy atom. The zero-order valence-electron chi connectivity index (χ0n) is 7.54. The fourth-order valence-electron chi connectivity index (χ4n) is 1.64. The minimum absolute atomic E-state index is 0.205. The summed E-state index contributed by atoms with van der Waals surface area (Å²) in [5.41, 5.74) is 0. The van der Waals surface area contributed by atoms with Crippen molar-refractivity contribution in [1.29, 1.82) is 0 Å². The second-order valence-corrected chi connectivity index (χ2v) is 4.45. The topological polar surface area (TPSA) is 49.3 Å². The molecule has 13 heavy (non-hydrogen) atoms. The molecular weight excluding hydrogens is 193 g/mol. The summed E-state index contributed by atoms with van der Waals surface area (Å²) >= 11 is -2.01. The van der Waals surface area contributed by atoms with E-state index >= 15 is 0 Å². The predicted octanol–water partition coefficient (Wildman–Crippen LogP) is 1.08. The van der Waals surface area contributed by atoms with E-state index in [0.29, 0.717) is 6.04 Å². The van der Waals surface area contributed by atoms with Crippen LogP contribution >= 0.6 is 0 Å². The summed E-state index contributed by atoms with van der Waals surface area (Å²) in [6, 6.07) is 0.422. The monoisotopic (exact) mass is 209 g/mol. The van der Waals surface area contributed by atoms with Crippen LogP contribution < -0.4 is 5.32 Å². The van der Waals surface area contributed by atoms with Crippen LogP contribution in [0.1, 0.15) is 25.7 Å². The average Bonchev–Trinajstić information content (AvgIpc) is 2.51. The van der Waals surface area contributed by atoms with E-state index in [4.69, 9.17) is 4.55 Å². The van der Waals surface area contributed by atoms with Crippen molar-refractivity contribution in [3.8, 4) is 0 Å². The molecule has 1 rings (SSSR count). The van der Waals surface area contributed by atoms with Crippen molar-refractivity contribution >= 4 is 11.1 Å². The first-order valence-electron chi connectivity index (χ1n) is 4.63. The quantitative estimate of drug-likeness (QED) is 0.666. The van der Waals surface area contributed by atoms with E-state index in [1.807, 2.05) is 0 Å². The summed E-state index contributed by atoms with van der Waals surface area (Å²) < 4.78 is 31.6. The van der Waals surface area contributed by atoms with E-state index in [1.165, 1.54) is 12.8 Å². The van der Waals surface area contributed by atoms with Crippen molar-refractivity contribution in [3.05, 3.63) is 0 Å². The molecule has 1 saturated carbocycles. The highest BCUT2D eigenvalue weighted by molar-refractivity contribution is 7.79. The Labute approximate surface area is 80.4 Å². The second-order valence-electron chi connectivity index (χ2n) is 3.48. The fourth-order valence-corrected chi connectivity index (χ4v) is 2.07. The van der Waals surface area contributed by atoms with Gasteiger partial charge in [0.15, 0.2) is 11.1 Å². The van der Waals surface area contributed by atoms with E-state index in [9.17, 15) is 8.60 Å². The fraction of sp³-hybridized carbons (Fsp3) is 1.00. The molecule has 0 heterocycles. The Morgan fingerprint density at radius 2 is 2.15 bits per heavy atom. The molecule has 2 atom stereocenters. The number of rotatable bonds is 5. The van der Waals surface area contributed by atoms with Gasteiger partial charge in [0.2, 0.25) is 0 Å². The smallest absolute Gasteiger partial charge is 0.155 e. The Bertz CT molecular complexity index is 174. The summed E-state index contributed by atoms with van der Waals surface area (Å²) in [4.78, 5) is 0. The Morgan fingerprint density at radius 1 is 1.54 bits per heavy atom. The molecular formula is C8H16FNO2S. The highest BCUT2D eigenvalue weighted by Gasteiger charge is 2.16. The van der Waals surface area contributed by atoms with Crippen LogP contribution in [0.25, 0.3) is 0 Å². The largest absolute Gasteiger partial charge is 0.311 e. The van der Waals surface area contributed by atoms with Crippen LogP contribution in [0.3, 0.4) is 0 Å². The molecule has 1 aliphatic rings. The normalized spacial score (nSPS) is 23.2. The minimum Gasteiger partial charge on any atom is -0.311 e. The minimum atomic E-state index is -2.01. The van der Waals surface area contributed by atoms with Crippen LogP contribution in [0, 0.1) is 0 Å². The molecule has 0 aromatic heterocycles. The molecule has 0 amide bonds. The highest BCUT2D eigenvalue weighted by Crippen LogP contribution is 2.17. The molecule has 0 aliphatic heterocycles. The van der Waals surface area contributed by atoms with Gasteiger partial charge in [0.05, 0.1) is 5.75 Å². The number of nitrogens with one attached hydrogen (secondary N) is 1. The lowest BCUT2D eigenvalue weighted by Gasteiger charge is -2.13. The lowest BCUT2D eigenvalue weighted by atomic mass is 10.2. The molecule has 0 bridgehead atoms. The lowest BCUT2D eigenvalue weighted by molar-refractivity contribution is 0.328. The van der Waals surface area contributed by atoms with E-state index in [1.54, 1.807) is 0 Å². The summed E-state index contributed by atoms with van der Waals surface area (Å²) in [5, 5.41) is 3.07. The summed E-state index contributed by atoms with van der Waals surface area (Å²) in [6.45, 7) is 0.205. The molecule has 0 radical (unpaired) electrons. The molecule has 5 heteroatoms. The van der Waals surface area contributed by atoms with Crippen LogP contribution in [0.15, 0.2) is 0 Å². The number of alkyl halides is 1. The van der Waals surface area contributed by atoms with Gasteiger partial charge in [0.25, 0.3) is 0 Å². The van der Waals surface area contributed by atoms with E-state index in [-0.39, 0.29) is 12.3 Å². The van der Waals surface area contributed by atoms with Crippen LogP contribution in [0.5, 0.6) is 0 Å². The van der Waals surface area contributed by atoms with Crippen LogP contribution in [-0.2, 0) is 11.1 Å². The lowest BCUT2D eigenvalue weighted by Crippen LogP contribution is -2.34. The third-order valence-electron chi connectivity index (χ3n) is 2.31. The standard InChI is InChI=1S/C8H16FNO2S/c9-7(6-13(11)12)5-10-8-3-1-2-4-8/h7-8,10H,1-6H2,(H,11,12). The predicted molar refractivity (Wildman–Crippen MR) is 50.8 cm³/mol. The van der Waals surface area contributed by atoms with Gasteiger partial charge in [-0.05, 0) is 12.8 Å². The zero-order valence-corrected chi connectivity index (χ0v) is 8.36. The van der Waals surface area contributed by atoms with Gasteiger partial charge in [0.1, 0.15) is 6.17 Å². The highest BCUT2D eigenvalue weighted by atomic mass is 32.2. The van der Waals surface area contributed by atoms with Gasteiger partial charge >= 0.3 is 0 Å². The number of hydrogen-bond donors (Lipinski definition) is 2. The van der Waals surface area contributed by atoms with Crippen LogP contribution in [0.4, 0.5) is 4.39 Å².